The Bertz CT molecular complexity index is 1150. The number of nitrogens with one attached hydrogen (secondary N) is 1. The summed E-state index contributed by atoms with van der Waals surface area (Å²) in [6.45, 7) is 0.465. The Kier molecular flexibility index (Phi) is 7.76. The minimum Gasteiger partial charge on any atom is -0.481 e. The van der Waals surface area contributed by atoms with Crippen LogP contribution in [0.3, 0.4) is 0 Å². The monoisotopic (exact) mass is 513 g/mol. The number of nitrogens with zero attached hydrogens (tertiary/aromatic N) is 4. The van der Waals surface area contributed by atoms with Crippen LogP contribution in [-0.2, 0) is 27.5 Å². The Morgan fingerprint density at radius 2 is 1.81 bits per heavy atom. The number of urea groups is 1. The summed E-state index contributed by atoms with van der Waals surface area (Å²) >= 11 is 6.12. The Labute approximate surface area is 214 Å². The highest BCUT2D eigenvalue weighted by atomic mass is 35.5. The van der Waals surface area contributed by atoms with E-state index in [0.29, 0.717) is 5.02 Å². The van der Waals surface area contributed by atoms with Gasteiger partial charge in [0.1, 0.15) is 12.2 Å². The summed E-state index contributed by atoms with van der Waals surface area (Å²) in [5, 5.41) is 15.6. The molecule has 0 spiro atoms. The van der Waals surface area contributed by atoms with E-state index in [1.54, 1.807) is 30.1 Å². The molecular weight excluding hydrogens is 486 g/mol. The molecule has 2 N–H and O–H groups in total. The third-order valence-corrected chi connectivity index (χ3v) is 6.56. The summed E-state index contributed by atoms with van der Waals surface area (Å²) in [4.78, 5) is 54.1. The molecule has 0 saturated carbocycles. The van der Waals surface area contributed by atoms with Gasteiger partial charge in [-0.25, -0.2) is 14.8 Å². The molecule has 2 aliphatic rings. The molecule has 4 rings (SSSR count). The molecule has 2 atom stereocenters. The first-order valence-corrected chi connectivity index (χ1v) is 12.0. The molecule has 2 aliphatic heterocycles. The number of carboxylic acid groups (broad SMARTS) is 1. The fourth-order valence-corrected chi connectivity index (χ4v) is 4.91. The van der Waals surface area contributed by atoms with Crippen molar-refractivity contribution in [2.75, 3.05) is 20.1 Å². The Hall–Kier alpha value is -3.63. The number of fused-ring (bicyclic) bond motifs is 1. The number of hydrazine groups is 1. The van der Waals surface area contributed by atoms with E-state index in [-0.39, 0.29) is 50.8 Å². The predicted molar refractivity (Wildman–Crippen MR) is 131 cm³/mol. The van der Waals surface area contributed by atoms with Crippen molar-refractivity contribution < 1.29 is 24.3 Å². The predicted octanol–water partition coefficient (Wildman–Crippen LogP) is 2.14. The summed E-state index contributed by atoms with van der Waals surface area (Å²) in [7, 11) is 1.64. The van der Waals surface area contributed by atoms with Gasteiger partial charge in [0.25, 0.3) is 0 Å². The van der Waals surface area contributed by atoms with Gasteiger partial charge >= 0.3 is 12.0 Å². The lowest BCUT2D eigenvalue weighted by atomic mass is 10.0. The van der Waals surface area contributed by atoms with Crippen LogP contribution in [0.4, 0.5) is 4.79 Å². The van der Waals surface area contributed by atoms with E-state index >= 15 is 0 Å². The highest BCUT2D eigenvalue weighted by Crippen LogP contribution is 2.29. The Morgan fingerprint density at radius 3 is 2.50 bits per heavy atom. The second-order valence-electron chi connectivity index (χ2n) is 8.88. The number of carbonyl (C=O) groups is 4. The fraction of sp³-hybridized carbons (Fsp3) is 0.360. The number of piperazine rings is 1. The smallest absolute Gasteiger partial charge is 0.334 e. The van der Waals surface area contributed by atoms with Crippen LogP contribution < -0.4 is 5.32 Å². The molecule has 0 unspecified atom stereocenters. The maximum atomic E-state index is 13.5. The van der Waals surface area contributed by atoms with E-state index in [4.69, 9.17) is 11.6 Å². The van der Waals surface area contributed by atoms with Crippen LogP contribution in [0.5, 0.6) is 0 Å². The normalized spacial score (nSPS) is 20.3. The third-order valence-electron chi connectivity index (χ3n) is 6.33. The number of rotatable bonds is 7. The van der Waals surface area contributed by atoms with E-state index in [1.807, 2.05) is 36.4 Å². The van der Waals surface area contributed by atoms with Crippen LogP contribution in [0, 0.1) is 0 Å². The SMILES string of the molecule is CN1CC(=O)N2[C@@H](CCC(=O)O)C(=O)N(Cc3cccc(Cl)c3)C[C@@H]2N1C(=O)NCc1ccccc1. The molecule has 10 nitrogen and oxygen atoms in total. The molecule has 2 aromatic carbocycles. The van der Waals surface area contributed by atoms with Crippen molar-refractivity contribution in [1.82, 2.24) is 25.1 Å². The number of likely N-dealkylation sites (N-methyl/N-ethyl adjacent to an activating group) is 1. The number of carboxylic acids is 1. The number of halogens is 1. The van der Waals surface area contributed by atoms with Crippen LogP contribution in [0.15, 0.2) is 54.6 Å². The molecule has 2 aromatic rings. The average molecular weight is 514 g/mol. The molecule has 0 aliphatic carbocycles. The number of hydrogen-bond acceptors (Lipinski definition) is 5. The molecular formula is C25H28ClN5O5. The second kappa shape index (κ2) is 11.0. The maximum absolute atomic E-state index is 13.5. The zero-order valence-corrected chi connectivity index (χ0v) is 20.6. The molecule has 4 amide bonds. The number of benzene rings is 2. The standard InChI is InChI=1S/C25H28ClN5O5/c1-28-16-22(32)30-20(10-11-23(33)34)24(35)29(14-18-8-5-9-19(26)12-18)15-21(30)31(28)25(36)27-13-17-6-3-2-4-7-17/h2-9,12,20-21H,10-11,13-16H2,1H3,(H,27,36)(H,33,34)/t20-,21-/m0/s1. The number of amides is 4. The van der Waals surface area contributed by atoms with Gasteiger partial charge in [-0.05, 0) is 29.7 Å². The number of hydrogen-bond donors (Lipinski definition) is 2. The minimum atomic E-state index is -1.06. The molecule has 36 heavy (non-hydrogen) atoms. The van der Waals surface area contributed by atoms with Gasteiger partial charge in [0.05, 0.1) is 13.1 Å². The van der Waals surface area contributed by atoms with Gasteiger partial charge in [-0.2, -0.15) is 0 Å². The summed E-state index contributed by atoms with van der Waals surface area (Å²) in [5.74, 6) is -1.75. The summed E-state index contributed by atoms with van der Waals surface area (Å²) < 4.78 is 0. The van der Waals surface area contributed by atoms with Gasteiger partial charge in [0.15, 0.2) is 0 Å². The van der Waals surface area contributed by atoms with Gasteiger partial charge < -0.3 is 20.2 Å². The van der Waals surface area contributed by atoms with Gasteiger partial charge in [0, 0.05) is 31.6 Å². The van der Waals surface area contributed by atoms with Crippen molar-refractivity contribution in [3.8, 4) is 0 Å². The van der Waals surface area contributed by atoms with Crippen LogP contribution in [-0.4, -0.2) is 81.1 Å². The van der Waals surface area contributed by atoms with E-state index in [1.165, 1.54) is 14.9 Å². The van der Waals surface area contributed by atoms with Gasteiger partial charge in [0.2, 0.25) is 11.8 Å². The summed E-state index contributed by atoms with van der Waals surface area (Å²) in [5.41, 5.74) is 1.70. The molecule has 11 heteroatoms. The zero-order valence-electron chi connectivity index (χ0n) is 19.8. The third kappa shape index (κ3) is 5.60. The lowest BCUT2D eigenvalue weighted by Gasteiger charge is -2.54. The van der Waals surface area contributed by atoms with Crippen LogP contribution in [0.2, 0.25) is 5.02 Å². The highest BCUT2D eigenvalue weighted by Gasteiger charge is 2.50. The first-order chi connectivity index (χ1) is 17.2. The van der Waals surface area contributed by atoms with Crippen molar-refractivity contribution in [2.24, 2.45) is 0 Å². The molecule has 2 heterocycles. The summed E-state index contributed by atoms with van der Waals surface area (Å²) in [6, 6.07) is 15.1. The Balaban J connectivity index is 1.61. The topological polar surface area (TPSA) is 114 Å². The van der Waals surface area contributed by atoms with Crippen molar-refractivity contribution in [3.05, 3.63) is 70.7 Å². The molecule has 0 radical (unpaired) electrons. The lowest BCUT2D eigenvalue weighted by molar-refractivity contribution is -0.188. The van der Waals surface area contributed by atoms with Gasteiger partial charge in [-0.3, -0.25) is 14.4 Å². The first kappa shape index (κ1) is 25.5. The van der Waals surface area contributed by atoms with Crippen molar-refractivity contribution in [3.63, 3.8) is 0 Å². The van der Waals surface area contributed by atoms with Crippen LogP contribution in [0.25, 0.3) is 0 Å². The number of aliphatic carboxylic acids is 1. The molecule has 2 saturated heterocycles. The van der Waals surface area contributed by atoms with E-state index in [2.05, 4.69) is 5.32 Å². The Morgan fingerprint density at radius 1 is 1.08 bits per heavy atom. The summed E-state index contributed by atoms with van der Waals surface area (Å²) in [6.07, 6.45) is -1.12. The van der Waals surface area contributed by atoms with Crippen LogP contribution in [0.1, 0.15) is 24.0 Å². The highest BCUT2D eigenvalue weighted by molar-refractivity contribution is 6.30. The van der Waals surface area contributed by atoms with Crippen molar-refractivity contribution >= 4 is 35.4 Å². The van der Waals surface area contributed by atoms with E-state index in [9.17, 15) is 24.3 Å². The lowest BCUT2D eigenvalue weighted by Crippen LogP contribution is -2.75. The van der Waals surface area contributed by atoms with Crippen LogP contribution >= 0.6 is 11.6 Å². The zero-order chi connectivity index (χ0) is 25.8. The van der Waals surface area contributed by atoms with Crippen molar-refractivity contribution in [1.29, 1.82) is 0 Å². The second-order valence-corrected chi connectivity index (χ2v) is 9.32. The molecule has 0 bridgehead atoms. The van der Waals surface area contributed by atoms with Crippen molar-refractivity contribution in [2.45, 2.75) is 38.1 Å². The fourth-order valence-electron chi connectivity index (χ4n) is 4.69. The molecule has 2 fully saturated rings. The maximum Gasteiger partial charge on any atom is 0.334 e. The van der Waals surface area contributed by atoms with E-state index < -0.39 is 24.2 Å². The first-order valence-electron chi connectivity index (χ1n) is 11.6. The molecule has 190 valence electrons. The van der Waals surface area contributed by atoms with Gasteiger partial charge in [-0.15, -0.1) is 0 Å². The average Bonchev–Trinajstić information content (AvgIpc) is 2.83. The minimum absolute atomic E-state index is 0.0500. The molecule has 0 aromatic heterocycles. The largest absolute Gasteiger partial charge is 0.481 e. The number of carbonyl (C=O) groups excluding carboxylic acids is 3. The van der Waals surface area contributed by atoms with E-state index in [0.717, 1.165) is 11.1 Å². The quantitative estimate of drug-likeness (QED) is 0.586. The van der Waals surface area contributed by atoms with Gasteiger partial charge in [-0.1, -0.05) is 54.1 Å².